The fourth-order valence-corrected chi connectivity index (χ4v) is 2.15. The maximum atomic E-state index is 11.7. The SMILES string of the molecule is O=C(Nc1ccc(I)cc1)Nc1cccc(Br)c1. The van der Waals surface area contributed by atoms with E-state index in [4.69, 9.17) is 0 Å². The van der Waals surface area contributed by atoms with E-state index in [1.807, 2.05) is 48.5 Å². The van der Waals surface area contributed by atoms with Gasteiger partial charge in [0.1, 0.15) is 0 Å². The second-order valence-corrected chi connectivity index (χ2v) is 5.76. The molecule has 2 N–H and O–H groups in total. The molecule has 2 rings (SSSR count). The van der Waals surface area contributed by atoms with Crippen molar-refractivity contribution in [1.82, 2.24) is 0 Å². The van der Waals surface area contributed by atoms with Gasteiger partial charge in [-0.1, -0.05) is 22.0 Å². The van der Waals surface area contributed by atoms with Gasteiger partial charge in [0.05, 0.1) is 0 Å². The van der Waals surface area contributed by atoms with Crippen molar-refractivity contribution in [3.05, 3.63) is 56.6 Å². The average Bonchev–Trinajstić information content (AvgIpc) is 2.32. The van der Waals surface area contributed by atoms with Crippen molar-refractivity contribution in [1.29, 1.82) is 0 Å². The van der Waals surface area contributed by atoms with Crippen LogP contribution in [-0.2, 0) is 0 Å². The zero-order chi connectivity index (χ0) is 13.0. The second kappa shape index (κ2) is 6.19. The highest BCUT2D eigenvalue weighted by atomic mass is 127. The summed E-state index contributed by atoms with van der Waals surface area (Å²) in [5.74, 6) is 0. The Morgan fingerprint density at radius 1 is 1.00 bits per heavy atom. The van der Waals surface area contributed by atoms with Crippen molar-refractivity contribution in [3.63, 3.8) is 0 Å². The first kappa shape index (κ1) is 13.4. The Morgan fingerprint density at radius 2 is 1.67 bits per heavy atom. The first-order valence-corrected chi connectivity index (χ1v) is 7.10. The van der Waals surface area contributed by atoms with Crippen molar-refractivity contribution in [3.8, 4) is 0 Å². The maximum absolute atomic E-state index is 11.7. The molecule has 18 heavy (non-hydrogen) atoms. The van der Waals surface area contributed by atoms with Crippen LogP contribution in [0, 0.1) is 3.57 Å². The molecular weight excluding hydrogens is 407 g/mol. The molecule has 0 aliphatic carbocycles. The summed E-state index contributed by atoms with van der Waals surface area (Å²) in [5.41, 5.74) is 1.51. The van der Waals surface area contributed by atoms with Crippen LogP contribution in [-0.4, -0.2) is 6.03 Å². The lowest BCUT2D eigenvalue weighted by molar-refractivity contribution is 0.262. The minimum absolute atomic E-state index is 0.255. The van der Waals surface area contributed by atoms with Crippen molar-refractivity contribution in [2.24, 2.45) is 0 Å². The monoisotopic (exact) mass is 416 g/mol. The van der Waals surface area contributed by atoms with Crippen molar-refractivity contribution in [2.75, 3.05) is 10.6 Å². The van der Waals surface area contributed by atoms with Gasteiger partial charge in [0.2, 0.25) is 0 Å². The average molecular weight is 417 g/mol. The zero-order valence-electron chi connectivity index (χ0n) is 9.28. The molecule has 0 fully saturated rings. The lowest BCUT2D eigenvalue weighted by atomic mass is 10.3. The number of anilines is 2. The molecule has 2 aromatic rings. The minimum atomic E-state index is -0.255. The van der Waals surface area contributed by atoms with E-state index in [1.54, 1.807) is 0 Å². The van der Waals surface area contributed by atoms with E-state index in [-0.39, 0.29) is 6.03 Å². The molecule has 2 aromatic carbocycles. The van der Waals surface area contributed by atoms with E-state index < -0.39 is 0 Å². The van der Waals surface area contributed by atoms with Gasteiger partial charge in [-0.2, -0.15) is 0 Å². The summed E-state index contributed by atoms with van der Waals surface area (Å²) in [6.45, 7) is 0. The van der Waals surface area contributed by atoms with Gasteiger partial charge in [0, 0.05) is 19.4 Å². The molecule has 0 bridgehead atoms. The first-order valence-electron chi connectivity index (χ1n) is 5.22. The number of amides is 2. The molecule has 5 heteroatoms. The fraction of sp³-hybridized carbons (Fsp3) is 0. The Labute approximate surface area is 127 Å². The van der Waals surface area contributed by atoms with Gasteiger partial charge < -0.3 is 10.6 Å². The molecule has 0 saturated heterocycles. The van der Waals surface area contributed by atoms with Gasteiger partial charge in [-0.05, 0) is 65.1 Å². The first-order chi connectivity index (χ1) is 8.63. The highest BCUT2D eigenvalue weighted by Gasteiger charge is 2.02. The molecule has 2 amide bonds. The molecule has 0 aliphatic rings. The normalized spacial score (nSPS) is 9.89. The van der Waals surface area contributed by atoms with E-state index in [0.29, 0.717) is 0 Å². The number of carbonyl (C=O) groups excluding carboxylic acids is 1. The number of carbonyl (C=O) groups is 1. The van der Waals surface area contributed by atoms with E-state index in [1.165, 1.54) is 0 Å². The number of urea groups is 1. The summed E-state index contributed by atoms with van der Waals surface area (Å²) in [6.07, 6.45) is 0. The van der Waals surface area contributed by atoms with Crippen LogP contribution in [0.25, 0.3) is 0 Å². The van der Waals surface area contributed by atoms with Crippen LogP contribution in [0.2, 0.25) is 0 Å². The van der Waals surface area contributed by atoms with Crippen molar-refractivity contribution in [2.45, 2.75) is 0 Å². The lowest BCUT2D eigenvalue weighted by Crippen LogP contribution is -2.19. The van der Waals surface area contributed by atoms with Crippen LogP contribution in [0.4, 0.5) is 16.2 Å². The van der Waals surface area contributed by atoms with Crippen LogP contribution >= 0.6 is 38.5 Å². The standard InChI is InChI=1S/C13H10BrIN2O/c14-9-2-1-3-12(8-9)17-13(18)16-11-6-4-10(15)5-7-11/h1-8H,(H2,16,17,18). The molecule has 92 valence electrons. The lowest BCUT2D eigenvalue weighted by Gasteiger charge is -2.07. The van der Waals surface area contributed by atoms with Gasteiger partial charge in [-0.15, -0.1) is 0 Å². The highest BCUT2D eigenvalue weighted by molar-refractivity contribution is 14.1. The Bertz CT molecular complexity index is 557. The van der Waals surface area contributed by atoms with Crippen molar-refractivity contribution < 1.29 is 4.79 Å². The van der Waals surface area contributed by atoms with Crippen LogP contribution in [0.5, 0.6) is 0 Å². The van der Waals surface area contributed by atoms with Crippen LogP contribution in [0.3, 0.4) is 0 Å². The van der Waals surface area contributed by atoms with Gasteiger partial charge >= 0.3 is 6.03 Å². The Morgan fingerprint density at radius 3 is 2.33 bits per heavy atom. The molecule has 0 saturated carbocycles. The summed E-state index contributed by atoms with van der Waals surface area (Å²) in [6, 6.07) is 14.8. The second-order valence-electron chi connectivity index (χ2n) is 3.60. The molecule has 0 atom stereocenters. The minimum Gasteiger partial charge on any atom is -0.308 e. The van der Waals surface area contributed by atoms with Gasteiger partial charge in [-0.25, -0.2) is 4.79 Å². The summed E-state index contributed by atoms with van der Waals surface area (Å²) in [7, 11) is 0. The third-order valence-electron chi connectivity index (χ3n) is 2.18. The third kappa shape index (κ3) is 3.99. The Balaban J connectivity index is 1.98. The molecule has 0 radical (unpaired) electrons. The van der Waals surface area contributed by atoms with Crippen LogP contribution in [0.15, 0.2) is 53.0 Å². The maximum Gasteiger partial charge on any atom is 0.323 e. The topological polar surface area (TPSA) is 41.1 Å². The summed E-state index contributed by atoms with van der Waals surface area (Å²) in [5, 5.41) is 5.53. The van der Waals surface area contributed by atoms with Gasteiger partial charge in [0.15, 0.2) is 0 Å². The molecule has 3 nitrogen and oxygen atoms in total. The number of rotatable bonds is 2. The predicted octanol–water partition coefficient (Wildman–Crippen LogP) is 4.70. The zero-order valence-corrected chi connectivity index (χ0v) is 13.0. The fourth-order valence-electron chi connectivity index (χ4n) is 1.39. The largest absolute Gasteiger partial charge is 0.323 e. The van der Waals surface area contributed by atoms with Crippen LogP contribution < -0.4 is 10.6 Å². The number of benzene rings is 2. The van der Waals surface area contributed by atoms with E-state index >= 15 is 0 Å². The Kier molecular flexibility index (Phi) is 4.60. The Hall–Kier alpha value is -1.08. The molecule has 0 unspecified atom stereocenters. The van der Waals surface area contributed by atoms with Gasteiger partial charge in [0.25, 0.3) is 0 Å². The highest BCUT2D eigenvalue weighted by Crippen LogP contribution is 2.16. The molecular formula is C13H10BrIN2O. The summed E-state index contributed by atoms with van der Waals surface area (Å²) >= 11 is 5.57. The summed E-state index contributed by atoms with van der Waals surface area (Å²) < 4.78 is 2.06. The molecule has 0 aliphatic heterocycles. The number of halogens is 2. The van der Waals surface area contributed by atoms with E-state index in [9.17, 15) is 4.79 Å². The van der Waals surface area contributed by atoms with E-state index in [0.717, 1.165) is 19.4 Å². The smallest absolute Gasteiger partial charge is 0.308 e. The van der Waals surface area contributed by atoms with Gasteiger partial charge in [-0.3, -0.25) is 0 Å². The number of hydrogen-bond donors (Lipinski definition) is 2. The van der Waals surface area contributed by atoms with Crippen LogP contribution in [0.1, 0.15) is 0 Å². The molecule has 0 spiro atoms. The summed E-state index contributed by atoms with van der Waals surface area (Å²) in [4.78, 5) is 11.7. The number of hydrogen-bond acceptors (Lipinski definition) is 1. The predicted molar refractivity (Wildman–Crippen MR) is 85.9 cm³/mol. The third-order valence-corrected chi connectivity index (χ3v) is 3.40. The molecule has 0 heterocycles. The van der Waals surface area contributed by atoms with Crippen molar-refractivity contribution >= 4 is 55.9 Å². The van der Waals surface area contributed by atoms with E-state index in [2.05, 4.69) is 49.2 Å². The number of nitrogens with one attached hydrogen (secondary N) is 2. The molecule has 0 aromatic heterocycles. The quantitative estimate of drug-likeness (QED) is 0.684.